The van der Waals surface area contributed by atoms with Crippen LogP contribution in [-0.2, 0) is 15.8 Å². The van der Waals surface area contributed by atoms with Crippen molar-refractivity contribution >= 4 is 11.6 Å². The van der Waals surface area contributed by atoms with Crippen LogP contribution in [-0.4, -0.2) is 61.4 Å². The highest BCUT2D eigenvalue weighted by Crippen LogP contribution is 2.32. The third-order valence-corrected chi connectivity index (χ3v) is 5.84. The van der Waals surface area contributed by atoms with Gasteiger partial charge < -0.3 is 4.90 Å². The molecule has 3 aliphatic rings. The molecule has 4 rings (SSSR count). The Balaban J connectivity index is 1.36. The van der Waals surface area contributed by atoms with E-state index in [0.717, 1.165) is 37.6 Å². The first-order valence-corrected chi connectivity index (χ1v) is 10.6. The number of nitrogens with one attached hydrogen (secondary N) is 1. The van der Waals surface area contributed by atoms with Gasteiger partial charge in [-0.1, -0.05) is 18.2 Å². The highest BCUT2D eigenvalue weighted by molar-refractivity contribution is 5.80. The van der Waals surface area contributed by atoms with Crippen molar-refractivity contribution in [2.75, 3.05) is 44.4 Å². The fourth-order valence-electron chi connectivity index (χ4n) is 4.16. The van der Waals surface area contributed by atoms with E-state index in [4.69, 9.17) is 4.84 Å². The van der Waals surface area contributed by atoms with Gasteiger partial charge in [-0.15, -0.1) is 0 Å². The fraction of sp³-hybridized carbons (Fsp3) is 0.500. The summed E-state index contributed by atoms with van der Waals surface area (Å²) in [5.41, 5.74) is 0.769. The number of rotatable bonds is 4. The number of hydrogen-bond donors (Lipinski definition) is 1. The molecule has 1 atom stereocenters. The molecule has 1 aromatic rings. The number of hydrogen-bond acceptors (Lipinski definition) is 5. The number of allylic oxidation sites excluding steroid dienone is 3. The first-order valence-electron chi connectivity index (χ1n) is 10.6. The highest BCUT2D eigenvalue weighted by atomic mass is 19.4. The summed E-state index contributed by atoms with van der Waals surface area (Å²) in [6.07, 6.45) is 4.24. The molecule has 0 aromatic heterocycles. The quantitative estimate of drug-likeness (QED) is 0.786. The summed E-state index contributed by atoms with van der Waals surface area (Å²) in [6.45, 7) is 3.15. The molecule has 0 radical (unpaired) electrons. The number of anilines is 1. The van der Waals surface area contributed by atoms with E-state index in [1.54, 1.807) is 6.07 Å². The van der Waals surface area contributed by atoms with Gasteiger partial charge in [-0.05, 0) is 43.5 Å². The lowest BCUT2D eigenvalue weighted by Gasteiger charge is -2.35. The van der Waals surface area contributed by atoms with E-state index in [1.165, 1.54) is 17.2 Å². The lowest BCUT2D eigenvalue weighted by molar-refractivity contribution is -0.194. The van der Waals surface area contributed by atoms with Crippen LogP contribution in [0.15, 0.2) is 48.2 Å². The van der Waals surface area contributed by atoms with Gasteiger partial charge in [0.2, 0.25) is 0 Å². The Kier molecular flexibility index (Phi) is 6.64. The van der Waals surface area contributed by atoms with E-state index in [1.807, 2.05) is 17.1 Å². The van der Waals surface area contributed by atoms with Crippen molar-refractivity contribution in [3.05, 3.63) is 53.8 Å². The van der Waals surface area contributed by atoms with Crippen LogP contribution in [0, 0.1) is 0 Å². The van der Waals surface area contributed by atoms with E-state index in [0.29, 0.717) is 25.3 Å². The number of alkyl halides is 3. The van der Waals surface area contributed by atoms with Crippen LogP contribution in [0.1, 0.15) is 24.8 Å². The second-order valence-electron chi connectivity index (χ2n) is 7.98. The molecule has 6 nitrogen and oxygen atoms in total. The number of piperazine rings is 1. The van der Waals surface area contributed by atoms with Gasteiger partial charge in [-0.3, -0.25) is 19.8 Å². The van der Waals surface area contributed by atoms with Gasteiger partial charge in [0.05, 0.1) is 23.8 Å². The lowest BCUT2D eigenvalue weighted by atomic mass is 10.1. The normalized spacial score (nSPS) is 23.3. The van der Waals surface area contributed by atoms with Crippen LogP contribution in [0.2, 0.25) is 0 Å². The lowest BCUT2D eigenvalue weighted by Crippen LogP contribution is -2.52. The molecule has 2 aliphatic heterocycles. The molecular weight excluding hydrogens is 409 g/mol. The molecule has 9 heteroatoms. The summed E-state index contributed by atoms with van der Waals surface area (Å²) in [6, 6.07) is 5.56. The van der Waals surface area contributed by atoms with Crippen LogP contribution in [0.25, 0.3) is 0 Å². The van der Waals surface area contributed by atoms with Crippen LogP contribution >= 0.6 is 0 Å². The van der Waals surface area contributed by atoms with Crippen molar-refractivity contribution in [2.45, 2.75) is 31.5 Å². The molecule has 0 spiro atoms. The third kappa shape index (κ3) is 5.28. The highest BCUT2D eigenvalue weighted by Gasteiger charge is 2.33. The number of hydroxylamine groups is 2. The average molecular weight is 436 g/mol. The van der Waals surface area contributed by atoms with Gasteiger partial charge in [-0.25, -0.2) is 0 Å². The summed E-state index contributed by atoms with van der Waals surface area (Å²) in [4.78, 5) is 22.4. The Hall–Kier alpha value is -2.36. The predicted molar refractivity (Wildman–Crippen MR) is 111 cm³/mol. The first-order chi connectivity index (χ1) is 14.9. The van der Waals surface area contributed by atoms with Gasteiger partial charge in [-0.2, -0.15) is 18.2 Å². The maximum absolute atomic E-state index is 13.0. The van der Waals surface area contributed by atoms with Gasteiger partial charge in [0.25, 0.3) is 5.91 Å². The second-order valence-corrected chi connectivity index (χ2v) is 7.98. The van der Waals surface area contributed by atoms with Crippen molar-refractivity contribution in [2.24, 2.45) is 0 Å². The SMILES string of the molecule is O=C1CNC2CCC=CC=C2N1OCN1CCCN(c2cccc(C(F)(F)F)c2)CC1. The van der Waals surface area contributed by atoms with E-state index in [-0.39, 0.29) is 25.2 Å². The predicted octanol–water partition coefficient (Wildman–Crippen LogP) is 3.14. The molecule has 2 saturated heterocycles. The van der Waals surface area contributed by atoms with Crippen molar-refractivity contribution in [3.63, 3.8) is 0 Å². The molecule has 1 unspecified atom stereocenters. The maximum atomic E-state index is 13.0. The average Bonchev–Trinajstić information content (AvgIpc) is 3.13. The molecule has 0 saturated carbocycles. The van der Waals surface area contributed by atoms with E-state index >= 15 is 0 Å². The van der Waals surface area contributed by atoms with E-state index in [9.17, 15) is 18.0 Å². The number of benzene rings is 1. The summed E-state index contributed by atoms with van der Waals surface area (Å²) >= 11 is 0. The molecule has 31 heavy (non-hydrogen) atoms. The number of halogens is 3. The molecule has 168 valence electrons. The van der Waals surface area contributed by atoms with E-state index < -0.39 is 11.7 Å². The minimum Gasteiger partial charge on any atom is -0.370 e. The topological polar surface area (TPSA) is 48.1 Å². The zero-order valence-electron chi connectivity index (χ0n) is 17.3. The van der Waals surface area contributed by atoms with E-state index in [2.05, 4.69) is 16.3 Å². The Morgan fingerprint density at radius 1 is 1.16 bits per heavy atom. The zero-order valence-corrected chi connectivity index (χ0v) is 17.3. The van der Waals surface area contributed by atoms with Gasteiger partial charge in [0.1, 0.15) is 6.73 Å². The van der Waals surface area contributed by atoms with Gasteiger partial charge in [0, 0.05) is 31.9 Å². The van der Waals surface area contributed by atoms with Crippen molar-refractivity contribution in [3.8, 4) is 0 Å². The van der Waals surface area contributed by atoms with Crippen LogP contribution in [0.5, 0.6) is 0 Å². The summed E-state index contributed by atoms with van der Waals surface area (Å²) in [5.74, 6) is -0.127. The Morgan fingerprint density at radius 2 is 2.03 bits per heavy atom. The number of nitrogens with zero attached hydrogens (tertiary/aromatic N) is 3. The fourth-order valence-corrected chi connectivity index (χ4v) is 4.16. The smallest absolute Gasteiger partial charge is 0.370 e. The van der Waals surface area contributed by atoms with Crippen LogP contribution in [0.3, 0.4) is 0 Å². The molecule has 1 aromatic carbocycles. The molecule has 2 fully saturated rings. The molecule has 2 heterocycles. The number of fused-ring (bicyclic) bond motifs is 1. The van der Waals surface area contributed by atoms with Gasteiger partial charge >= 0.3 is 6.18 Å². The zero-order chi connectivity index (χ0) is 21.8. The van der Waals surface area contributed by atoms with Crippen molar-refractivity contribution < 1.29 is 22.8 Å². The van der Waals surface area contributed by atoms with Crippen molar-refractivity contribution in [1.82, 2.24) is 15.3 Å². The third-order valence-electron chi connectivity index (χ3n) is 5.84. The molecule has 1 amide bonds. The number of amides is 1. The Morgan fingerprint density at radius 3 is 2.87 bits per heavy atom. The molecule has 0 bridgehead atoms. The van der Waals surface area contributed by atoms with Crippen LogP contribution in [0.4, 0.5) is 18.9 Å². The number of carbonyl (C=O) groups is 1. The molecule has 1 aliphatic carbocycles. The molecule has 1 N–H and O–H groups in total. The van der Waals surface area contributed by atoms with Crippen LogP contribution < -0.4 is 10.2 Å². The monoisotopic (exact) mass is 436 g/mol. The second kappa shape index (κ2) is 9.42. The minimum absolute atomic E-state index is 0.0910. The summed E-state index contributed by atoms with van der Waals surface area (Å²) < 4.78 is 39.1. The van der Waals surface area contributed by atoms with Gasteiger partial charge in [0.15, 0.2) is 0 Å². The Bertz CT molecular complexity index is 855. The minimum atomic E-state index is -4.35. The standard InChI is InChI=1S/C22H27F3N4O2/c23-22(24,25)17-6-4-7-18(14-17)28-11-5-10-27(12-13-28)16-31-29-20-9-3-1-2-8-19(20)26-15-21(29)30/h1,3-4,6-7,9,14,19,26H,2,5,8,10-13,15-16H2. The largest absolute Gasteiger partial charge is 0.416 e. The number of carbonyl (C=O) groups excluding carboxylic acids is 1. The summed E-state index contributed by atoms with van der Waals surface area (Å²) in [7, 11) is 0. The Labute approximate surface area is 179 Å². The summed E-state index contributed by atoms with van der Waals surface area (Å²) in [5, 5.41) is 4.66. The van der Waals surface area contributed by atoms with Crippen molar-refractivity contribution in [1.29, 1.82) is 0 Å². The molecular formula is C22H27F3N4O2. The first kappa shape index (κ1) is 21.9. The maximum Gasteiger partial charge on any atom is 0.416 e.